The molecule has 0 amide bonds. The molecule has 0 aliphatic carbocycles. The van der Waals surface area contributed by atoms with Crippen LogP contribution >= 0.6 is 24.0 Å². The molecule has 1 rings (SSSR count). The van der Waals surface area contributed by atoms with E-state index in [9.17, 15) is 13.2 Å². The predicted octanol–water partition coefficient (Wildman–Crippen LogP) is 0.746. The topological polar surface area (TPSA) is 88.1 Å². The van der Waals surface area contributed by atoms with Gasteiger partial charge in [-0.2, -0.15) is 0 Å². The second-order valence-corrected chi connectivity index (χ2v) is 7.99. The molecular weight excluding hydrogens is 433 g/mol. The SMILES string of the molecule is CCNC(=NCCCS(C)(=O)=O)N1CC(C)C(C(=O)OC)C1.I. The molecule has 0 saturated carbocycles. The van der Waals surface area contributed by atoms with Crippen molar-refractivity contribution in [2.24, 2.45) is 16.8 Å². The van der Waals surface area contributed by atoms with Crippen LogP contribution in [0.4, 0.5) is 0 Å². The maximum Gasteiger partial charge on any atom is 0.310 e. The maximum atomic E-state index is 11.7. The van der Waals surface area contributed by atoms with Gasteiger partial charge in [0.2, 0.25) is 0 Å². The lowest BCUT2D eigenvalue weighted by molar-refractivity contribution is -0.145. The normalized spacial score (nSPS) is 21.7. The molecule has 1 fully saturated rings. The molecule has 2 atom stereocenters. The molecule has 9 heteroatoms. The first-order chi connectivity index (χ1) is 10.3. The number of likely N-dealkylation sites (tertiary alicyclic amines) is 1. The van der Waals surface area contributed by atoms with Crippen molar-refractivity contribution in [1.29, 1.82) is 0 Å². The van der Waals surface area contributed by atoms with Gasteiger partial charge in [-0.05, 0) is 19.3 Å². The summed E-state index contributed by atoms with van der Waals surface area (Å²) in [5.74, 6) is 0.728. The molecule has 0 aromatic carbocycles. The van der Waals surface area contributed by atoms with Crippen molar-refractivity contribution in [3.63, 3.8) is 0 Å². The van der Waals surface area contributed by atoms with Gasteiger partial charge in [-0.3, -0.25) is 9.79 Å². The summed E-state index contributed by atoms with van der Waals surface area (Å²) in [4.78, 5) is 18.3. The first kappa shape index (κ1) is 22.4. The van der Waals surface area contributed by atoms with E-state index in [0.29, 0.717) is 19.5 Å². The van der Waals surface area contributed by atoms with Crippen LogP contribution in [0.15, 0.2) is 4.99 Å². The minimum Gasteiger partial charge on any atom is -0.469 e. The van der Waals surface area contributed by atoms with Crippen LogP contribution in [0.2, 0.25) is 0 Å². The second kappa shape index (κ2) is 10.3. The number of ether oxygens (including phenoxy) is 1. The van der Waals surface area contributed by atoms with E-state index in [0.717, 1.165) is 19.0 Å². The zero-order valence-corrected chi connectivity index (χ0v) is 17.4. The van der Waals surface area contributed by atoms with Crippen LogP contribution in [0.3, 0.4) is 0 Å². The summed E-state index contributed by atoms with van der Waals surface area (Å²) in [5, 5.41) is 3.19. The van der Waals surface area contributed by atoms with Gasteiger partial charge < -0.3 is 15.0 Å². The molecule has 1 heterocycles. The molecule has 1 N–H and O–H groups in total. The highest BCUT2D eigenvalue weighted by molar-refractivity contribution is 14.0. The summed E-state index contributed by atoms with van der Waals surface area (Å²) >= 11 is 0. The fourth-order valence-electron chi connectivity index (χ4n) is 2.54. The fourth-order valence-corrected chi connectivity index (χ4v) is 3.19. The fraction of sp³-hybridized carbons (Fsp3) is 0.857. The zero-order chi connectivity index (χ0) is 16.8. The average Bonchev–Trinajstić information content (AvgIpc) is 2.82. The molecule has 0 aromatic rings. The number of methoxy groups -OCH3 is 1. The third-order valence-corrected chi connectivity index (χ3v) is 4.72. The van der Waals surface area contributed by atoms with Gasteiger partial charge in [0.25, 0.3) is 0 Å². The Bertz CT molecular complexity index is 510. The molecule has 0 radical (unpaired) electrons. The molecule has 7 nitrogen and oxygen atoms in total. The van der Waals surface area contributed by atoms with E-state index in [4.69, 9.17) is 4.74 Å². The van der Waals surface area contributed by atoms with Gasteiger partial charge in [0.15, 0.2) is 5.96 Å². The summed E-state index contributed by atoms with van der Waals surface area (Å²) < 4.78 is 27.1. The van der Waals surface area contributed by atoms with Gasteiger partial charge in [-0.25, -0.2) is 8.42 Å². The number of rotatable bonds is 6. The second-order valence-electron chi connectivity index (χ2n) is 5.73. The van der Waals surface area contributed by atoms with Crippen LogP contribution in [0.1, 0.15) is 20.3 Å². The predicted molar refractivity (Wildman–Crippen MR) is 102 cm³/mol. The van der Waals surface area contributed by atoms with Gasteiger partial charge in [-0.15, -0.1) is 24.0 Å². The molecular formula is C14H28IN3O4S. The largest absolute Gasteiger partial charge is 0.469 e. The van der Waals surface area contributed by atoms with Crippen molar-refractivity contribution >= 4 is 45.7 Å². The Hall–Kier alpha value is -0.580. The van der Waals surface area contributed by atoms with Crippen LogP contribution < -0.4 is 5.32 Å². The molecule has 23 heavy (non-hydrogen) atoms. The summed E-state index contributed by atoms with van der Waals surface area (Å²) in [7, 11) is -1.55. The van der Waals surface area contributed by atoms with Crippen molar-refractivity contribution in [3.8, 4) is 0 Å². The smallest absolute Gasteiger partial charge is 0.310 e. The Kier molecular flexibility index (Phi) is 10.1. The van der Waals surface area contributed by atoms with Crippen molar-refractivity contribution in [3.05, 3.63) is 0 Å². The zero-order valence-electron chi connectivity index (χ0n) is 14.2. The molecule has 136 valence electrons. The Morgan fingerprint density at radius 1 is 1.39 bits per heavy atom. The van der Waals surface area contributed by atoms with Gasteiger partial charge in [0, 0.05) is 32.4 Å². The summed E-state index contributed by atoms with van der Waals surface area (Å²) in [6, 6.07) is 0. The number of nitrogens with zero attached hydrogens (tertiary/aromatic N) is 2. The van der Waals surface area contributed by atoms with Crippen LogP contribution in [-0.4, -0.2) is 70.5 Å². The number of carbonyl (C=O) groups excluding carboxylic acids is 1. The average molecular weight is 461 g/mol. The monoisotopic (exact) mass is 461 g/mol. The Labute approximate surface area is 156 Å². The lowest BCUT2D eigenvalue weighted by Gasteiger charge is -2.21. The highest BCUT2D eigenvalue weighted by Crippen LogP contribution is 2.24. The van der Waals surface area contributed by atoms with Crippen LogP contribution in [0.5, 0.6) is 0 Å². The standard InChI is InChI=1S/C14H27N3O4S.HI/c1-5-15-14(16-7-6-8-22(4,19)20)17-9-11(2)12(10-17)13(18)21-3;/h11-12H,5-10H2,1-4H3,(H,15,16);1H. The number of carbonyl (C=O) groups is 1. The third-order valence-electron chi connectivity index (χ3n) is 3.69. The summed E-state index contributed by atoms with van der Waals surface area (Å²) in [6.07, 6.45) is 1.72. The lowest BCUT2D eigenvalue weighted by atomic mass is 9.99. The minimum atomic E-state index is -2.95. The molecule has 1 aliphatic rings. The van der Waals surface area contributed by atoms with E-state index in [-0.39, 0.29) is 47.5 Å². The van der Waals surface area contributed by atoms with Crippen molar-refractivity contribution in [2.75, 3.05) is 45.3 Å². The highest BCUT2D eigenvalue weighted by Gasteiger charge is 2.36. The highest BCUT2D eigenvalue weighted by atomic mass is 127. The van der Waals surface area contributed by atoms with E-state index in [1.54, 1.807) is 0 Å². The molecule has 0 spiro atoms. The number of aliphatic imine (C=N–C) groups is 1. The van der Waals surface area contributed by atoms with Crippen LogP contribution in [-0.2, 0) is 19.4 Å². The van der Waals surface area contributed by atoms with Gasteiger partial charge >= 0.3 is 5.97 Å². The Morgan fingerprint density at radius 3 is 2.57 bits per heavy atom. The molecule has 2 unspecified atom stereocenters. The number of halogens is 1. The number of guanidine groups is 1. The van der Waals surface area contributed by atoms with E-state index >= 15 is 0 Å². The number of hydrogen-bond acceptors (Lipinski definition) is 5. The summed E-state index contributed by atoms with van der Waals surface area (Å²) in [5.41, 5.74) is 0. The van der Waals surface area contributed by atoms with E-state index in [1.165, 1.54) is 13.4 Å². The van der Waals surface area contributed by atoms with E-state index < -0.39 is 9.84 Å². The molecule has 1 aliphatic heterocycles. The number of hydrogen-bond donors (Lipinski definition) is 1. The first-order valence-electron chi connectivity index (χ1n) is 7.57. The van der Waals surface area contributed by atoms with Crippen LogP contribution in [0.25, 0.3) is 0 Å². The van der Waals surface area contributed by atoms with E-state index in [2.05, 4.69) is 10.3 Å². The Balaban J connectivity index is 0.00000484. The summed E-state index contributed by atoms with van der Waals surface area (Å²) in [6.45, 7) is 6.48. The number of esters is 1. The minimum absolute atomic E-state index is 0. The van der Waals surface area contributed by atoms with Gasteiger partial charge in [0.1, 0.15) is 9.84 Å². The quantitative estimate of drug-likeness (QED) is 0.207. The first-order valence-corrected chi connectivity index (χ1v) is 9.63. The third kappa shape index (κ3) is 7.69. The maximum absolute atomic E-state index is 11.7. The van der Waals surface area contributed by atoms with Crippen molar-refractivity contribution in [2.45, 2.75) is 20.3 Å². The van der Waals surface area contributed by atoms with Crippen molar-refractivity contribution in [1.82, 2.24) is 10.2 Å². The lowest BCUT2D eigenvalue weighted by Crippen LogP contribution is -2.40. The molecule has 0 bridgehead atoms. The molecule has 0 aromatic heterocycles. The Morgan fingerprint density at radius 2 is 2.04 bits per heavy atom. The number of nitrogens with one attached hydrogen (secondary N) is 1. The van der Waals surface area contributed by atoms with Crippen LogP contribution in [0, 0.1) is 11.8 Å². The van der Waals surface area contributed by atoms with E-state index in [1.807, 2.05) is 18.7 Å². The number of sulfone groups is 1. The molecule has 1 saturated heterocycles. The van der Waals surface area contributed by atoms with Gasteiger partial charge in [0.05, 0.1) is 18.8 Å². The van der Waals surface area contributed by atoms with Gasteiger partial charge in [-0.1, -0.05) is 6.92 Å². The van der Waals surface area contributed by atoms with Crippen molar-refractivity contribution < 1.29 is 17.9 Å².